The second kappa shape index (κ2) is 10.0. The van der Waals surface area contributed by atoms with Crippen molar-refractivity contribution in [3.63, 3.8) is 0 Å². The van der Waals surface area contributed by atoms with Crippen LogP contribution < -0.4 is 19.5 Å². The Bertz CT molecular complexity index is 2010. The highest BCUT2D eigenvalue weighted by Crippen LogP contribution is 2.55. The van der Waals surface area contributed by atoms with Gasteiger partial charge in [0.25, 0.3) is 10.0 Å². The molecule has 2 unspecified atom stereocenters. The van der Waals surface area contributed by atoms with E-state index in [2.05, 4.69) is 10.0 Å². The van der Waals surface area contributed by atoms with Crippen molar-refractivity contribution in [2.24, 2.45) is 0 Å². The van der Waals surface area contributed by atoms with Gasteiger partial charge >= 0.3 is 6.18 Å². The van der Waals surface area contributed by atoms with Gasteiger partial charge in [0.1, 0.15) is 0 Å². The minimum Gasteiger partial charge on any atom is -0.454 e. The van der Waals surface area contributed by atoms with E-state index in [0.717, 1.165) is 52.1 Å². The van der Waals surface area contributed by atoms with E-state index in [9.17, 15) is 26.4 Å². The molecule has 1 amide bonds. The van der Waals surface area contributed by atoms with Crippen LogP contribution in [0.1, 0.15) is 46.6 Å². The molecule has 0 aromatic heterocycles. The van der Waals surface area contributed by atoms with Crippen molar-refractivity contribution in [3.8, 4) is 11.5 Å². The van der Waals surface area contributed by atoms with Crippen LogP contribution in [0.4, 0.5) is 24.5 Å². The summed E-state index contributed by atoms with van der Waals surface area (Å²) in [6, 6.07) is 19.2. The van der Waals surface area contributed by atoms with E-state index in [1.54, 1.807) is 6.07 Å². The summed E-state index contributed by atoms with van der Waals surface area (Å²) in [7, 11) is -4.21. The van der Waals surface area contributed by atoms with Gasteiger partial charge in [-0.25, -0.2) is 8.42 Å². The number of benzene rings is 4. The van der Waals surface area contributed by atoms with Gasteiger partial charge in [-0.15, -0.1) is 0 Å². The third kappa shape index (κ3) is 4.58. The van der Waals surface area contributed by atoms with Gasteiger partial charge in [-0.2, -0.15) is 13.2 Å². The molecular weight excluding hydrogens is 617 g/mol. The third-order valence-corrected chi connectivity index (χ3v) is 9.86. The van der Waals surface area contributed by atoms with Crippen molar-refractivity contribution in [2.45, 2.75) is 29.8 Å². The first-order chi connectivity index (χ1) is 20.9. The molecule has 2 N–H and O–H groups in total. The van der Waals surface area contributed by atoms with Gasteiger partial charge in [-0.05, 0) is 77.7 Å². The monoisotopic (exact) mass is 638 g/mol. The summed E-state index contributed by atoms with van der Waals surface area (Å²) in [4.78, 5) is 13.4. The third-order valence-electron chi connectivity index (χ3n) is 8.16. The molecule has 44 heavy (non-hydrogen) atoms. The normalized spacial score (nSPS) is 18.7. The number of anilines is 2. The SMILES string of the molecule is CC1=C(c2cc3c(cc2Cl)OCO3)c2ccccc2C1C1C(=O)Nc2ccc(S(=O)(=O)Nc3ccc(C(F)(F)F)cc3)cc21. The molecule has 0 radical (unpaired) electrons. The topological polar surface area (TPSA) is 93.7 Å². The number of allylic oxidation sites excluding steroid dienone is 1. The number of amides is 1. The maximum absolute atomic E-state index is 13.5. The maximum atomic E-state index is 13.5. The van der Waals surface area contributed by atoms with Crippen molar-refractivity contribution in [2.75, 3.05) is 16.8 Å². The highest BCUT2D eigenvalue weighted by atomic mass is 35.5. The van der Waals surface area contributed by atoms with E-state index in [1.807, 2.05) is 37.3 Å². The smallest absolute Gasteiger partial charge is 0.416 e. The van der Waals surface area contributed by atoms with Gasteiger partial charge < -0.3 is 14.8 Å². The van der Waals surface area contributed by atoms with Crippen molar-refractivity contribution in [1.82, 2.24) is 0 Å². The molecule has 0 saturated heterocycles. The quantitative estimate of drug-likeness (QED) is 0.236. The minimum absolute atomic E-state index is 0.0296. The van der Waals surface area contributed by atoms with E-state index in [0.29, 0.717) is 27.8 Å². The zero-order valence-electron chi connectivity index (χ0n) is 22.8. The van der Waals surface area contributed by atoms with E-state index < -0.39 is 33.6 Å². The molecule has 0 spiro atoms. The Kier molecular flexibility index (Phi) is 6.45. The van der Waals surface area contributed by atoms with Crippen molar-refractivity contribution in [1.29, 1.82) is 0 Å². The van der Waals surface area contributed by atoms with E-state index in [4.69, 9.17) is 21.1 Å². The Morgan fingerprint density at radius 3 is 2.32 bits per heavy atom. The lowest BCUT2D eigenvalue weighted by Crippen LogP contribution is -2.19. The zero-order valence-corrected chi connectivity index (χ0v) is 24.4. The molecule has 2 heterocycles. The number of hydrogen-bond acceptors (Lipinski definition) is 5. The first-order valence-electron chi connectivity index (χ1n) is 13.5. The van der Waals surface area contributed by atoms with Crippen LogP contribution in [0, 0.1) is 0 Å². The van der Waals surface area contributed by atoms with Crippen LogP contribution in [-0.4, -0.2) is 21.1 Å². The molecule has 2 atom stereocenters. The van der Waals surface area contributed by atoms with Crippen molar-refractivity contribution >= 4 is 44.5 Å². The lowest BCUT2D eigenvalue weighted by Gasteiger charge is -2.21. The number of nitrogens with one attached hydrogen (secondary N) is 2. The Morgan fingerprint density at radius 1 is 0.886 bits per heavy atom. The van der Waals surface area contributed by atoms with Crippen LogP contribution >= 0.6 is 11.6 Å². The number of hydrogen-bond donors (Lipinski definition) is 2. The summed E-state index contributed by atoms with van der Waals surface area (Å²) >= 11 is 6.73. The molecule has 12 heteroatoms. The predicted octanol–water partition coefficient (Wildman–Crippen LogP) is 7.54. The predicted molar refractivity (Wildman–Crippen MR) is 159 cm³/mol. The lowest BCUT2D eigenvalue weighted by atomic mass is 9.80. The fourth-order valence-corrected chi connectivity index (χ4v) is 7.54. The highest BCUT2D eigenvalue weighted by molar-refractivity contribution is 7.92. The Balaban J connectivity index is 1.28. The summed E-state index contributed by atoms with van der Waals surface area (Å²) in [5.74, 6) is -0.391. The van der Waals surface area contributed by atoms with Crippen LogP contribution in [0.5, 0.6) is 11.5 Å². The van der Waals surface area contributed by atoms with Gasteiger partial charge in [0.05, 0.1) is 21.4 Å². The number of fused-ring (bicyclic) bond motifs is 3. The number of sulfonamides is 1. The standard InChI is InChI=1S/C32H22ClF3N2O5S/c1-16-28(22-13-26-27(14-24(22)33)43-15-42-26)20-4-2-3-5-21(20)29(16)30-23-12-19(10-11-25(23)37-31(30)39)44(40,41)38-18-8-6-17(7-9-18)32(34,35)36/h2-14,29-30,38H,15H2,1H3,(H,37,39). The number of carbonyl (C=O) groups is 1. The molecule has 7 rings (SSSR count). The summed E-state index contributed by atoms with van der Waals surface area (Å²) in [6.07, 6.45) is -4.55. The first-order valence-corrected chi connectivity index (χ1v) is 15.3. The first kappa shape index (κ1) is 28.3. The van der Waals surface area contributed by atoms with Crippen molar-refractivity contribution < 1.29 is 35.9 Å². The highest BCUT2D eigenvalue weighted by Gasteiger charge is 2.44. The number of ether oxygens (including phenoxy) is 2. The Hall–Kier alpha value is -4.48. The zero-order chi connectivity index (χ0) is 31.0. The summed E-state index contributed by atoms with van der Waals surface area (Å²) in [6.45, 7) is 2.02. The van der Waals surface area contributed by atoms with Gasteiger partial charge in [0, 0.05) is 28.9 Å². The van der Waals surface area contributed by atoms with Crippen LogP contribution in [0.15, 0.2) is 89.3 Å². The maximum Gasteiger partial charge on any atom is 0.416 e. The molecule has 4 aromatic carbocycles. The second-order valence-electron chi connectivity index (χ2n) is 10.7. The van der Waals surface area contributed by atoms with Gasteiger partial charge in [-0.1, -0.05) is 41.4 Å². The molecule has 2 aliphatic heterocycles. The molecule has 1 aliphatic carbocycles. The van der Waals surface area contributed by atoms with E-state index in [-0.39, 0.29) is 23.3 Å². The molecule has 3 aliphatic rings. The van der Waals surface area contributed by atoms with Gasteiger partial charge in [0.2, 0.25) is 12.7 Å². The average Bonchev–Trinajstić information content (AvgIpc) is 3.64. The molecule has 0 fully saturated rings. The second-order valence-corrected chi connectivity index (χ2v) is 12.8. The van der Waals surface area contributed by atoms with Gasteiger partial charge in [0.15, 0.2) is 11.5 Å². The number of alkyl halides is 3. The van der Waals surface area contributed by atoms with Crippen LogP contribution in [0.2, 0.25) is 5.02 Å². The van der Waals surface area contributed by atoms with Crippen molar-refractivity contribution in [3.05, 3.63) is 117 Å². The molecular formula is C32H22ClF3N2O5S. The number of rotatable bonds is 5. The fourth-order valence-electron chi connectivity index (χ4n) is 6.20. The number of halogens is 4. The molecule has 0 bridgehead atoms. The number of carbonyl (C=O) groups excluding carboxylic acids is 1. The molecule has 0 saturated carbocycles. The minimum atomic E-state index is -4.55. The van der Waals surface area contributed by atoms with Crippen LogP contribution in [0.3, 0.4) is 0 Å². The lowest BCUT2D eigenvalue weighted by molar-refractivity contribution is -0.137. The van der Waals surface area contributed by atoms with E-state index in [1.165, 1.54) is 18.2 Å². The Morgan fingerprint density at radius 2 is 1.59 bits per heavy atom. The summed E-state index contributed by atoms with van der Waals surface area (Å²) in [5.41, 5.74) is 4.27. The largest absolute Gasteiger partial charge is 0.454 e. The van der Waals surface area contributed by atoms with Crippen LogP contribution in [0.25, 0.3) is 5.57 Å². The molecule has 7 nitrogen and oxygen atoms in total. The molecule has 4 aromatic rings. The van der Waals surface area contributed by atoms with Crippen LogP contribution in [-0.2, 0) is 21.0 Å². The summed E-state index contributed by atoms with van der Waals surface area (Å²) < 4.78 is 79.0. The van der Waals surface area contributed by atoms with E-state index >= 15 is 0 Å². The summed E-state index contributed by atoms with van der Waals surface area (Å²) in [5, 5.41) is 3.34. The molecule has 224 valence electrons. The average molecular weight is 639 g/mol. The fraction of sp³-hybridized carbons (Fsp3) is 0.156. The van der Waals surface area contributed by atoms with Gasteiger partial charge in [-0.3, -0.25) is 9.52 Å². The Labute approximate surface area is 255 Å².